The van der Waals surface area contributed by atoms with Crippen LogP contribution in [0.2, 0.25) is 0 Å². The summed E-state index contributed by atoms with van der Waals surface area (Å²) in [6.45, 7) is 6.34. The largest absolute Gasteiger partial charge is 0.462 e. The molecule has 6 nitrogen and oxygen atoms in total. The van der Waals surface area contributed by atoms with Gasteiger partial charge in [-0.1, -0.05) is 228 Å². The highest BCUT2D eigenvalue weighted by molar-refractivity contribution is 5.77. The van der Waals surface area contributed by atoms with E-state index in [0.29, 0.717) is 19.3 Å². The fourth-order valence-corrected chi connectivity index (χ4v) is 8.02. The molecule has 0 aliphatic carbocycles. The molecule has 66 heavy (non-hydrogen) atoms. The molecule has 0 saturated carbocycles. The summed E-state index contributed by atoms with van der Waals surface area (Å²) >= 11 is 0. The van der Waals surface area contributed by atoms with Crippen LogP contribution in [-0.4, -0.2) is 46.9 Å². The van der Waals surface area contributed by atoms with E-state index >= 15 is 0 Å². The number of ether oxygens (including phenoxy) is 1. The van der Waals surface area contributed by atoms with Gasteiger partial charge in [-0.25, -0.2) is 0 Å². The Balaban J connectivity index is 4.66. The first kappa shape index (κ1) is 63.0. The first-order valence-corrected chi connectivity index (χ1v) is 27.8. The van der Waals surface area contributed by atoms with E-state index in [-0.39, 0.29) is 24.9 Å². The van der Waals surface area contributed by atoms with Gasteiger partial charge in [0.1, 0.15) is 6.10 Å². The Bertz CT molecular complexity index is 1260. The van der Waals surface area contributed by atoms with Crippen molar-refractivity contribution in [2.75, 3.05) is 6.61 Å². The van der Waals surface area contributed by atoms with Gasteiger partial charge in [0.25, 0.3) is 0 Å². The Morgan fingerprint density at radius 1 is 0.455 bits per heavy atom. The van der Waals surface area contributed by atoms with Crippen LogP contribution in [0, 0.1) is 0 Å². The van der Waals surface area contributed by atoms with E-state index in [9.17, 15) is 19.8 Å². The van der Waals surface area contributed by atoms with Crippen LogP contribution in [0.4, 0.5) is 0 Å². The van der Waals surface area contributed by atoms with Crippen LogP contribution in [0.3, 0.4) is 0 Å². The van der Waals surface area contributed by atoms with E-state index in [1.54, 1.807) is 0 Å². The van der Waals surface area contributed by atoms with Gasteiger partial charge in [0.05, 0.1) is 25.2 Å². The summed E-state index contributed by atoms with van der Waals surface area (Å²) in [4.78, 5) is 26.2. The highest BCUT2D eigenvalue weighted by Gasteiger charge is 2.24. The second-order valence-corrected chi connectivity index (χ2v) is 18.6. The van der Waals surface area contributed by atoms with E-state index in [1.165, 1.54) is 103 Å². The topological polar surface area (TPSA) is 95.9 Å². The van der Waals surface area contributed by atoms with Gasteiger partial charge < -0.3 is 20.3 Å². The smallest absolute Gasteiger partial charge is 0.306 e. The van der Waals surface area contributed by atoms with Crippen molar-refractivity contribution < 1.29 is 24.5 Å². The lowest BCUT2D eigenvalue weighted by Crippen LogP contribution is -2.46. The molecule has 6 heteroatoms. The number of aliphatic hydroxyl groups excluding tert-OH is 2. The van der Waals surface area contributed by atoms with Crippen molar-refractivity contribution in [3.8, 4) is 0 Å². The highest BCUT2D eigenvalue weighted by Crippen LogP contribution is 2.18. The van der Waals surface area contributed by atoms with Crippen LogP contribution in [0.25, 0.3) is 0 Å². The molecule has 0 radical (unpaired) electrons. The van der Waals surface area contributed by atoms with Crippen molar-refractivity contribution in [2.45, 2.75) is 277 Å². The molecule has 0 spiro atoms. The van der Waals surface area contributed by atoms with Crippen LogP contribution in [0.5, 0.6) is 0 Å². The Morgan fingerprint density at radius 3 is 1.27 bits per heavy atom. The minimum Gasteiger partial charge on any atom is -0.462 e. The quantitative estimate of drug-likeness (QED) is 0.0321. The molecule has 3 N–H and O–H groups in total. The molecule has 380 valence electrons. The molecule has 0 aromatic heterocycles. The zero-order chi connectivity index (χ0) is 48.1. The molecule has 0 aliphatic heterocycles. The summed E-state index contributed by atoms with van der Waals surface area (Å²) in [7, 11) is 0. The summed E-state index contributed by atoms with van der Waals surface area (Å²) in [6, 6.07) is -0.715. The molecule has 1 amide bonds. The molecule has 3 unspecified atom stereocenters. The zero-order valence-electron chi connectivity index (χ0n) is 43.3. The molecule has 0 aliphatic rings. The average molecular weight is 921 g/mol. The summed E-state index contributed by atoms with van der Waals surface area (Å²) in [5.74, 6) is -0.520. The number of carbonyl (C=O) groups excluding carboxylic acids is 2. The maximum Gasteiger partial charge on any atom is 0.306 e. The van der Waals surface area contributed by atoms with Gasteiger partial charge in [0, 0.05) is 6.42 Å². The Kier molecular flexibility index (Phi) is 50.6. The number of carbonyl (C=O) groups is 2. The number of rotatable bonds is 49. The summed E-state index contributed by atoms with van der Waals surface area (Å²) in [5.41, 5.74) is 0. The molecule has 0 saturated heterocycles. The molecular formula is C60H105NO5. The molecule has 0 aromatic carbocycles. The van der Waals surface area contributed by atoms with E-state index in [0.717, 1.165) is 109 Å². The average Bonchev–Trinajstić information content (AvgIpc) is 3.31. The minimum absolute atomic E-state index is 0.0552. The second-order valence-electron chi connectivity index (χ2n) is 18.6. The number of unbranched alkanes of at least 4 members (excludes halogenated alkanes) is 23. The molecule has 3 atom stereocenters. The predicted molar refractivity (Wildman–Crippen MR) is 287 cm³/mol. The first-order valence-electron chi connectivity index (χ1n) is 27.8. The highest BCUT2D eigenvalue weighted by atomic mass is 16.5. The third-order valence-electron chi connectivity index (χ3n) is 12.2. The lowest BCUT2D eigenvalue weighted by atomic mass is 10.0. The minimum atomic E-state index is -0.800. The van der Waals surface area contributed by atoms with Gasteiger partial charge in [-0.2, -0.15) is 0 Å². The maximum absolute atomic E-state index is 13.2. The number of esters is 1. The maximum atomic E-state index is 13.2. The van der Waals surface area contributed by atoms with E-state index in [1.807, 2.05) is 0 Å². The Morgan fingerprint density at radius 2 is 0.818 bits per heavy atom. The van der Waals surface area contributed by atoms with E-state index in [4.69, 9.17) is 4.74 Å². The number of nitrogens with one attached hydrogen (secondary N) is 1. The van der Waals surface area contributed by atoms with Crippen LogP contribution in [0.1, 0.15) is 258 Å². The Hall–Kier alpha value is -2.96. The second kappa shape index (κ2) is 53.0. The number of hydrogen-bond donors (Lipinski definition) is 3. The third-order valence-corrected chi connectivity index (χ3v) is 12.2. The summed E-state index contributed by atoms with van der Waals surface area (Å²) in [5, 5.41) is 23.8. The van der Waals surface area contributed by atoms with Gasteiger partial charge >= 0.3 is 5.97 Å². The standard InChI is InChI=1S/C60H105NO5/c1-4-7-10-13-16-19-22-24-26-28-29-31-33-35-38-41-44-47-50-53-60(65)66-56(51-48-45-42-39-37-34-32-30-27-25-23-20-17-14-11-8-5-2)54-59(64)61-57(55-62)58(63)52-49-46-43-40-36-21-18-15-12-9-6-3/h7,10,16-17,19-20,24-27,29,31,35,38,56-58,62-63H,4-6,8-9,11-15,18,21-23,28,30,32-34,36-37,39-55H2,1-3H3,(H,61,64)/b10-7-,19-16-,20-17-,26-24-,27-25-,31-29-,38-35-. The van der Waals surface area contributed by atoms with Gasteiger partial charge in [-0.3, -0.25) is 9.59 Å². The molecule has 0 rings (SSSR count). The van der Waals surface area contributed by atoms with Crippen molar-refractivity contribution in [1.29, 1.82) is 0 Å². The fraction of sp³-hybridized carbons (Fsp3) is 0.733. The predicted octanol–water partition coefficient (Wildman–Crippen LogP) is 17.1. The van der Waals surface area contributed by atoms with Crippen LogP contribution in [-0.2, 0) is 14.3 Å². The van der Waals surface area contributed by atoms with Crippen molar-refractivity contribution in [3.05, 3.63) is 85.1 Å². The number of hydrogen-bond acceptors (Lipinski definition) is 5. The first-order chi connectivity index (χ1) is 32.5. The Labute approximate surface area is 408 Å². The van der Waals surface area contributed by atoms with Crippen LogP contribution in [0.15, 0.2) is 85.1 Å². The SMILES string of the molecule is CC/C=C\C/C=C\C/C=C\C/C=C\C/C=C\CCCCCC(=O)OC(CCCCCCCCC/C=C\C/C=C\CCCCC)CC(=O)NC(CO)C(O)CCCCCCCCCCCCC. The van der Waals surface area contributed by atoms with Crippen LogP contribution < -0.4 is 5.32 Å². The van der Waals surface area contributed by atoms with Gasteiger partial charge in [0.2, 0.25) is 5.91 Å². The van der Waals surface area contributed by atoms with Gasteiger partial charge in [-0.15, -0.1) is 0 Å². The summed E-state index contributed by atoms with van der Waals surface area (Å²) < 4.78 is 5.94. The molecule has 0 aromatic rings. The number of allylic oxidation sites excluding steroid dienone is 14. The van der Waals surface area contributed by atoms with Gasteiger partial charge in [0.15, 0.2) is 0 Å². The normalized spacial score (nSPS) is 13.8. The zero-order valence-corrected chi connectivity index (χ0v) is 43.3. The lowest BCUT2D eigenvalue weighted by molar-refractivity contribution is -0.151. The van der Waals surface area contributed by atoms with E-state index < -0.39 is 18.2 Å². The van der Waals surface area contributed by atoms with Gasteiger partial charge in [-0.05, 0) is 103 Å². The van der Waals surface area contributed by atoms with Crippen LogP contribution >= 0.6 is 0 Å². The van der Waals surface area contributed by atoms with Crippen molar-refractivity contribution in [1.82, 2.24) is 5.32 Å². The van der Waals surface area contributed by atoms with E-state index in [2.05, 4.69) is 111 Å². The van der Waals surface area contributed by atoms with Crippen molar-refractivity contribution in [2.24, 2.45) is 0 Å². The number of aliphatic hydroxyl groups is 2. The molecule has 0 bridgehead atoms. The molecule has 0 heterocycles. The lowest BCUT2D eigenvalue weighted by Gasteiger charge is -2.24. The van der Waals surface area contributed by atoms with Crippen molar-refractivity contribution >= 4 is 11.9 Å². The molecular weight excluding hydrogens is 815 g/mol. The molecule has 0 fully saturated rings. The monoisotopic (exact) mass is 920 g/mol. The summed E-state index contributed by atoms with van der Waals surface area (Å²) in [6.07, 6.45) is 69.3. The third kappa shape index (κ3) is 47.5. The van der Waals surface area contributed by atoms with Crippen molar-refractivity contribution in [3.63, 3.8) is 0 Å². The number of amides is 1. The fourth-order valence-electron chi connectivity index (χ4n) is 8.02.